The van der Waals surface area contributed by atoms with Crippen LogP contribution in [0.4, 0.5) is 5.95 Å². The Labute approximate surface area is 138 Å². The molecule has 0 fully saturated rings. The minimum Gasteiger partial charge on any atom is -0.490 e. The Morgan fingerprint density at radius 1 is 1.29 bits per heavy atom. The summed E-state index contributed by atoms with van der Waals surface area (Å²) in [5, 5.41) is 0.226. The maximum atomic E-state index is 12.4. The Morgan fingerprint density at radius 2 is 2.00 bits per heavy atom. The summed E-state index contributed by atoms with van der Waals surface area (Å²) in [6.07, 6.45) is 0. The number of benzene rings is 1. The third kappa shape index (κ3) is 4.23. The maximum absolute atomic E-state index is 12.4. The summed E-state index contributed by atoms with van der Waals surface area (Å²) in [7, 11) is 1.54. The van der Waals surface area contributed by atoms with Crippen molar-refractivity contribution >= 4 is 22.8 Å². The molecule has 0 aliphatic carbocycles. The van der Waals surface area contributed by atoms with Crippen molar-refractivity contribution in [3.63, 3.8) is 0 Å². The number of rotatable bonds is 5. The number of carbonyl (C=O) groups is 1. The van der Waals surface area contributed by atoms with E-state index in [1.165, 1.54) is 12.1 Å². The van der Waals surface area contributed by atoms with Crippen LogP contribution in [0.5, 0.6) is 5.75 Å². The number of methoxy groups -OCH3 is 1. The zero-order valence-corrected chi connectivity index (χ0v) is 14.1. The first-order valence-corrected chi connectivity index (χ1v) is 7.40. The Bertz CT molecular complexity index is 808. The molecule has 2 rings (SSSR count). The lowest BCUT2D eigenvalue weighted by Crippen LogP contribution is -2.24. The molecule has 0 unspecified atom stereocenters. The van der Waals surface area contributed by atoms with Gasteiger partial charge in [-0.15, -0.1) is 0 Å². The summed E-state index contributed by atoms with van der Waals surface area (Å²) in [6.45, 7) is 5.85. The topological polar surface area (TPSA) is 117 Å². The lowest BCUT2D eigenvalue weighted by Gasteiger charge is -2.20. The van der Waals surface area contributed by atoms with Crippen molar-refractivity contribution < 1.29 is 19.0 Å². The molecule has 24 heavy (non-hydrogen) atoms. The number of ether oxygens (including phenoxy) is 3. The second-order valence-electron chi connectivity index (χ2n) is 6.16. The van der Waals surface area contributed by atoms with Gasteiger partial charge >= 0.3 is 5.97 Å². The predicted molar refractivity (Wildman–Crippen MR) is 89.3 cm³/mol. The van der Waals surface area contributed by atoms with Gasteiger partial charge in [0.05, 0.1) is 17.5 Å². The molecule has 1 aromatic carbocycles. The molecular weight excluding hydrogens is 314 g/mol. The molecule has 1 aromatic heterocycles. The number of fused-ring (bicyclic) bond motifs is 1. The fourth-order valence-corrected chi connectivity index (χ4v) is 2.03. The molecule has 0 saturated heterocycles. The SMILES string of the molecule is COCCOc1cc2nc(N)[nH]c(=O)c2cc1C(=O)OC(C)(C)C. The number of nitrogens with two attached hydrogens (primary N) is 1. The van der Waals surface area contributed by atoms with Crippen molar-refractivity contribution in [1.29, 1.82) is 0 Å². The van der Waals surface area contributed by atoms with Gasteiger partial charge in [-0.05, 0) is 26.8 Å². The number of esters is 1. The molecule has 0 radical (unpaired) electrons. The average Bonchev–Trinajstić information content (AvgIpc) is 2.44. The van der Waals surface area contributed by atoms with Crippen molar-refractivity contribution in [2.75, 3.05) is 26.1 Å². The molecule has 3 N–H and O–H groups in total. The van der Waals surface area contributed by atoms with Gasteiger partial charge in [0, 0.05) is 13.2 Å². The Kier molecular flexibility index (Phi) is 5.08. The largest absolute Gasteiger partial charge is 0.490 e. The van der Waals surface area contributed by atoms with E-state index in [9.17, 15) is 9.59 Å². The number of aromatic nitrogens is 2. The van der Waals surface area contributed by atoms with Gasteiger partial charge in [0.25, 0.3) is 5.56 Å². The zero-order valence-electron chi connectivity index (χ0n) is 14.1. The molecule has 8 nitrogen and oxygen atoms in total. The van der Waals surface area contributed by atoms with E-state index in [1.807, 2.05) is 0 Å². The second kappa shape index (κ2) is 6.88. The molecule has 0 spiro atoms. The van der Waals surface area contributed by atoms with Crippen LogP contribution in [0.2, 0.25) is 0 Å². The Hall–Kier alpha value is -2.61. The molecule has 1 heterocycles. The van der Waals surface area contributed by atoms with E-state index in [0.29, 0.717) is 12.1 Å². The standard InChI is InChI=1S/C16H21N3O5/c1-16(2,3)24-14(21)10-7-9-11(18-15(17)19-13(9)20)8-12(10)23-6-5-22-4/h7-8H,5-6H2,1-4H3,(H3,17,18,19,20). The van der Waals surface area contributed by atoms with Crippen LogP contribution in [0.15, 0.2) is 16.9 Å². The van der Waals surface area contributed by atoms with E-state index in [4.69, 9.17) is 19.9 Å². The smallest absolute Gasteiger partial charge is 0.342 e. The number of hydrogen-bond donors (Lipinski definition) is 2. The minimum atomic E-state index is -0.679. The van der Waals surface area contributed by atoms with Crippen LogP contribution in [-0.2, 0) is 9.47 Å². The van der Waals surface area contributed by atoms with Crippen molar-refractivity contribution in [1.82, 2.24) is 9.97 Å². The zero-order chi connectivity index (χ0) is 17.9. The first-order chi connectivity index (χ1) is 11.2. The number of carbonyl (C=O) groups excluding carboxylic acids is 1. The third-order valence-electron chi connectivity index (χ3n) is 2.99. The lowest BCUT2D eigenvalue weighted by atomic mass is 10.1. The van der Waals surface area contributed by atoms with Crippen molar-refractivity contribution in [3.8, 4) is 5.75 Å². The van der Waals surface area contributed by atoms with E-state index in [2.05, 4.69) is 9.97 Å². The Balaban J connectivity index is 2.54. The monoisotopic (exact) mass is 335 g/mol. The Morgan fingerprint density at radius 3 is 2.62 bits per heavy atom. The highest BCUT2D eigenvalue weighted by Gasteiger charge is 2.23. The van der Waals surface area contributed by atoms with E-state index < -0.39 is 17.1 Å². The summed E-state index contributed by atoms with van der Waals surface area (Å²) in [5.74, 6) is -0.347. The van der Waals surface area contributed by atoms with E-state index in [-0.39, 0.29) is 29.3 Å². The number of hydrogen-bond acceptors (Lipinski definition) is 7. The highest BCUT2D eigenvalue weighted by Crippen LogP contribution is 2.26. The van der Waals surface area contributed by atoms with Gasteiger partial charge < -0.3 is 19.9 Å². The number of nitrogens with one attached hydrogen (secondary N) is 1. The summed E-state index contributed by atoms with van der Waals surface area (Å²) in [4.78, 5) is 30.9. The van der Waals surface area contributed by atoms with Gasteiger partial charge in [-0.1, -0.05) is 0 Å². The molecule has 130 valence electrons. The summed E-state index contributed by atoms with van der Waals surface area (Å²) in [5.41, 5.74) is 4.91. The fraction of sp³-hybridized carbons (Fsp3) is 0.438. The molecule has 0 amide bonds. The van der Waals surface area contributed by atoms with Gasteiger partial charge in [-0.3, -0.25) is 9.78 Å². The maximum Gasteiger partial charge on any atom is 0.342 e. The van der Waals surface area contributed by atoms with Gasteiger partial charge in [-0.25, -0.2) is 9.78 Å². The van der Waals surface area contributed by atoms with Crippen molar-refractivity contribution in [2.24, 2.45) is 0 Å². The van der Waals surface area contributed by atoms with Crippen molar-refractivity contribution in [2.45, 2.75) is 26.4 Å². The molecule has 0 aliphatic rings. The van der Waals surface area contributed by atoms with Gasteiger partial charge in [0.2, 0.25) is 5.95 Å². The van der Waals surface area contributed by atoms with Gasteiger partial charge in [-0.2, -0.15) is 0 Å². The average molecular weight is 335 g/mol. The fourth-order valence-electron chi connectivity index (χ4n) is 2.03. The van der Waals surface area contributed by atoms with E-state index in [0.717, 1.165) is 0 Å². The molecule has 2 aromatic rings. The van der Waals surface area contributed by atoms with Crippen LogP contribution >= 0.6 is 0 Å². The molecule has 8 heteroatoms. The molecule has 0 saturated carbocycles. The van der Waals surface area contributed by atoms with E-state index >= 15 is 0 Å². The third-order valence-corrected chi connectivity index (χ3v) is 2.99. The van der Waals surface area contributed by atoms with Crippen LogP contribution < -0.4 is 16.0 Å². The molecule has 0 bridgehead atoms. The number of aromatic amines is 1. The van der Waals surface area contributed by atoms with Gasteiger partial charge in [0.1, 0.15) is 23.5 Å². The number of nitrogen functional groups attached to an aromatic ring is 1. The lowest BCUT2D eigenvalue weighted by molar-refractivity contribution is 0.00651. The van der Waals surface area contributed by atoms with E-state index in [1.54, 1.807) is 27.9 Å². The number of H-pyrrole nitrogens is 1. The van der Waals surface area contributed by atoms with Crippen LogP contribution in [0.1, 0.15) is 31.1 Å². The predicted octanol–water partition coefficient (Wildman–Crippen LogP) is 1.49. The number of nitrogens with zero attached hydrogens (tertiary/aromatic N) is 1. The summed E-state index contributed by atoms with van der Waals surface area (Å²) >= 11 is 0. The normalized spacial score (nSPS) is 11.5. The molecular formula is C16H21N3O5. The van der Waals surface area contributed by atoms with Gasteiger partial charge in [0.15, 0.2) is 0 Å². The number of anilines is 1. The summed E-state index contributed by atoms with van der Waals surface area (Å²) in [6, 6.07) is 2.90. The highest BCUT2D eigenvalue weighted by molar-refractivity contribution is 5.98. The van der Waals surface area contributed by atoms with Crippen molar-refractivity contribution in [3.05, 3.63) is 28.0 Å². The molecule has 0 aliphatic heterocycles. The quantitative estimate of drug-likeness (QED) is 0.628. The minimum absolute atomic E-state index is 0.0136. The molecule has 0 atom stereocenters. The van der Waals surface area contributed by atoms with Crippen LogP contribution in [0.3, 0.4) is 0 Å². The second-order valence-corrected chi connectivity index (χ2v) is 6.16. The van der Waals surface area contributed by atoms with Crippen LogP contribution in [-0.4, -0.2) is 41.9 Å². The van der Waals surface area contributed by atoms with Crippen LogP contribution in [0.25, 0.3) is 10.9 Å². The highest BCUT2D eigenvalue weighted by atomic mass is 16.6. The first kappa shape index (κ1) is 17.7. The summed E-state index contributed by atoms with van der Waals surface area (Å²) < 4.78 is 15.9. The van der Waals surface area contributed by atoms with Crippen LogP contribution in [0, 0.1) is 0 Å². The first-order valence-electron chi connectivity index (χ1n) is 7.40.